The van der Waals surface area contributed by atoms with Gasteiger partial charge in [0.05, 0.1) is 0 Å². The molecule has 132 valence electrons. The number of rotatable bonds is 3. The molecule has 0 aliphatic carbocycles. The van der Waals surface area contributed by atoms with Crippen molar-refractivity contribution in [3.8, 4) is 11.4 Å². The van der Waals surface area contributed by atoms with Crippen molar-refractivity contribution >= 4 is 10.9 Å². The van der Waals surface area contributed by atoms with E-state index in [2.05, 4.69) is 50.4 Å². The zero-order valence-corrected chi connectivity index (χ0v) is 13.8. The summed E-state index contributed by atoms with van der Waals surface area (Å²) in [7, 11) is 0. The molecular formula is C19H14F3N3O. The summed E-state index contributed by atoms with van der Waals surface area (Å²) in [6, 6.07) is 15.4. The summed E-state index contributed by atoms with van der Waals surface area (Å²) in [5.41, 5.74) is 3.83. The fraction of sp³-hybridized carbons (Fsp3) is 0.158. The van der Waals surface area contributed by atoms with Gasteiger partial charge in [0.25, 0.3) is 0 Å². The highest BCUT2D eigenvalue weighted by Crippen LogP contribution is 2.29. The Bertz CT molecular complexity index is 1060. The molecule has 0 amide bonds. The largest absolute Gasteiger partial charge is 0.471 e. The van der Waals surface area contributed by atoms with Gasteiger partial charge in [-0.1, -0.05) is 41.1 Å². The molecule has 0 saturated heterocycles. The number of nitrogens with zero attached hydrogens (tertiary/aromatic N) is 3. The lowest BCUT2D eigenvalue weighted by molar-refractivity contribution is -0.159. The van der Waals surface area contributed by atoms with Crippen molar-refractivity contribution < 1.29 is 17.7 Å². The predicted molar refractivity (Wildman–Crippen MR) is 90.5 cm³/mol. The van der Waals surface area contributed by atoms with E-state index in [9.17, 15) is 13.2 Å². The highest BCUT2D eigenvalue weighted by molar-refractivity contribution is 5.80. The Hall–Kier alpha value is -3.09. The SMILES string of the molecule is Cc1ccc2c(ccn2Cc2ccc(-c3noc(C(F)(F)F)n3)cc2)c1. The maximum absolute atomic E-state index is 12.5. The second-order valence-electron chi connectivity index (χ2n) is 6.12. The fourth-order valence-electron chi connectivity index (χ4n) is 2.87. The molecule has 2 aromatic carbocycles. The van der Waals surface area contributed by atoms with Gasteiger partial charge >= 0.3 is 12.1 Å². The van der Waals surface area contributed by atoms with Gasteiger partial charge in [-0.3, -0.25) is 0 Å². The third kappa shape index (κ3) is 3.08. The summed E-state index contributed by atoms with van der Waals surface area (Å²) < 4.78 is 44.0. The maximum atomic E-state index is 12.5. The van der Waals surface area contributed by atoms with Crippen LogP contribution in [0.15, 0.2) is 59.3 Å². The van der Waals surface area contributed by atoms with Crippen LogP contribution in [0.1, 0.15) is 17.0 Å². The van der Waals surface area contributed by atoms with Crippen molar-refractivity contribution in [2.75, 3.05) is 0 Å². The van der Waals surface area contributed by atoms with Crippen LogP contribution in [0.4, 0.5) is 13.2 Å². The van der Waals surface area contributed by atoms with Crippen LogP contribution in [0, 0.1) is 6.92 Å². The van der Waals surface area contributed by atoms with Crippen molar-refractivity contribution in [3.05, 3.63) is 71.7 Å². The summed E-state index contributed by atoms with van der Waals surface area (Å²) in [6.45, 7) is 2.71. The summed E-state index contributed by atoms with van der Waals surface area (Å²) in [5.74, 6) is -1.42. The monoisotopic (exact) mass is 357 g/mol. The minimum absolute atomic E-state index is 0.0780. The standard InChI is InChI=1S/C19H14F3N3O/c1-12-2-7-16-15(10-12)8-9-25(16)11-13-3-5-14(6-4-13)17-23-18(26-24-17)19(20,21)22/h2-10H,11H2,1H3. The van der Waals surface area contributed by atoms with Crippen LogP contribution in [-0.4, -0.2) is 14.7 Å². The maximum Gasteiger partial charge on any atom is 0.471 e. The Morgan fingerprint density at radius 3 is 2.50 bits per heavy atom. The first-order valence-electron chi connectivity index (χ1n) is 7.96. The second-order valence-corrected chi connectivity index (χ2v) is 6.12. The molecule has 7 heteroatoms. The number of aryl methyl sites for hydroxylation is 1. The van der Waals surface area contributed by atoms with Crippen LogP contribution in [0.3, 0.4) is 0 Å². The first-order chi connectivity index (χ1) is 12.4. The summed E-state index contributed by atoms with van der Waals surface area (Å²) in [6.07, 6.45) is -2.62. The topological polar surface area (TPSA) is 43.9 Å². The number of benzene rings is 2. The van der Waals surface area contributed by atoms with E-state index in [1.807, 2.05) is 18.3 Å². The summed E-state index contributed by atoms with van der Waals surface area (Å²) >= 11 is 0. The predicted octanol–water partition coefficient (Wildman–Crippen LogP) is 5.07. The average Bonchev–Trinajstić information content (AvgIpc) is 3.23. The van der Waals surface area contributed by atoms with E-state index in [0.29, 0.717) is 12.1 Å². The normalized spacial score (nSPS) is 12.0. The zero-order chi connectivity index (χ0) is 18.3. The van der Waals surface area contributed by atoms with Gasteiger partial charge in [-0.25, -0.2) is 0 Å². The van der Waals surface area contributed by atoms with E-state index in [0.717, 1.165) is 11.1 Å². The Balaban J connectivity index is 1.57. The lowest BCUT2D eigenvalue weighted by atomic mass is 10.1. The molecule has 0 atom stereocenters. The third-order valence-electron chi connectivity index (χ3n) is 4.16. The van der Waals surface area contributed by atoms with E-state index in [4.69, 9.17) is 0 Å². The van der Waals surface area contributed by atoms with Crippen LogP contribution in [0.25, 0.3) is 22.3 Å². The van der Waals surface area contributed by atoms with Crippen LogP contribution in [0.2, 0.25) is 0 Å². The lowest BCUT2D eigenvalue weighted by Crippen LogP contribution is -2.04. The van der Waals surface area contributed by atoms with Gasteiger partial charge in [0.1, 0.15) is 0 Å². The smallest absolute Gasteiger partial charge is 0.343 e. The molecule has 0 fully saturated rings. The quantitative estimate of drug-likeness (QED) is 0.514. The molecule has 4 aromatic rings. The first kappa shape index (κ1) is 16.4. The highest BCUT2D eigenvalue weighted by atomic mass is 19.4. The minimum atomic E-state index is -4.64. The second kappa shape index (κ2) is 6.01. The van der Waals surface area contributed by atoms with Gasteiger partial charge in [-0.2, -0.15) is 18.2 Å². The van der Waals surface area contributed by atoms with E-state index < -0.39 is 12.1 Å². The van der Waals surface area contributed by atoms with Crippen molar-refractivity contribution in [1.82, 2.24) is 14.7 Å². The van der Waals surface area contributed by atoms with E-state index >= 15 is 0 Å². The van der Waals surface area contributed by atoms with Gasteiger partial charge in [0.15, 0.2) is 0 Å². The fourth-order valence-corrected chi connectivity index (χ4v) is 2.87. The zero-order valence-electron chi connectivity index (χ0n) is 13.8. The van der Waals surface area contributed by atoms with Crippen LogP contribution >= 0.6 is 0 Å². The molecule has 0 unspecified atom stereocenters. The number of alkyl halides is 3. The summed E-state index contributed by atoms with van der Waals surface area (Å²) in [4.78, 5) is 3.40. The number of halogens is 3. The van der Waals surface area contributed by atoms with Crippen LogP contribution in [-0.2, 0) is 12.7 Å². The molecule has 0 N–H and O–H groups in total. The molecule has 0 spiro atoms. The molecule has 2 aromatic heterocycles. The lowest BCUT2D eigenvalue weighted by Gasteiger charge is -2.06. The molecule has 26 heavy (non-hydrogen) atoms. The molecule has 0 bridgehead atoms. The molecule has 4 nitrogen and oxygen atoms in total. The molecule has 0 radical (unpaired) electrons. The van der Waals surface area contributed by atoms with Crippen molar-refractivity contribution in [2.45, 2.75) is 19.6 Å². The van der Waals surface area contributed by atoms with Gasteiger partial charge < -0.3 is 9.09 Å². The Morgan fingerprint density at radius 1 is 1.04 bits per heavy atom. The van der Waals surface area contributed by atoms with E-state index in [1.54, 1.807) is 12.1 Å². The number of aromatic nitrogens is 3. The van der Waals surface area contributed by atoms with Crippen LogP contribution in [0.5, 0.6) is 0 Å². The molecule has 2 heterocycles. The molecule has 0 saturated carbocycles. The highest BCUT2D eigenvalue weighted by Gasteiger charge is 2.38. The number of hydrogen-bond acceptors (Lipinski definition) is 3. The molecular weight excluding hydrogens is 343 g/mol. The number of hydrogen-bond donors (Lipinski definition) is 0. The van der Waals surface area contributed by atoms with E-state index in [1.165, 1.54) is 10.9 Å². The van der Waals surface area contributed by atoms with Gasteiger partial charge in [-0.05, 0) is 36.1 Å². The molecule has 0 aliphatic rings. The number of fused-ring (bicyclic) bond motifs is 1. The Morgan fingerprint density at radius 2 is 1.81 bits per heavy atom. The summed E-state index contributed by atoms with van der Waals surface area (Å²) in [5, 5.41) is 4.57. The Kier molecular flexibility index (Phi) is 3.79. The van der Waals surface area contributed by atoms with Crippen molar-refractivity contribution in [3.63, 3.8) is 0 Å². The third-order valence-corrected chi connectivity index (χ3v) is 4.16. The van der Waals surface area contributed by atoms with Crippen LogP contribution < -0.4 is 0 Å². The van der Waals surface area contributed by atoms with Crippen molar-refractivity contribution in [2.24, 2.45) is 0 Å². The van der Waals surface area contributed by atoms with Gasteiger partial charge in [-0.15, -0.1) is 0 Å². The van der Waals surface area contributed by atoms with Gasteiger partial charge in [0, 0.05) is 23.8 Å². The van der Waals surface area contributed by atoms with Crippen molar-refractivity contribution in [1.29, 1.82) is 0 Å². The van der Waals surface area contributed by atoms with E-state index in [-0.39, 0.29) is 5.82 Å². The molecule has 0 aliphatic heterocycles. The minimum Gasteiger partial charge on any atom is -0.343 e. The Labute approximate surface area is 146 Å². The molecule has 4 rings (SSSR count). The average molecular weight is 357 g/mol. The van der Waals surface area contributed by atoms with Gasteiger partial charge in [0.2, 0.25) is 5.82 Å². The first-order valence-corrected chi connectivity index (χ1v) is 7.96.